The van der Waals surface area contributed by atoms with Gasteiger partial charge in [0, 0.05) is 18.1 Å². The van der Waals surface area contributed by atoms with E-state index in [1.54, 1.807) is 0 Å². The zero-order valence-electron chi connectivity index (χ0n) is 10.3. The van der Waals surface area contributed by atoms with Gasteiger partial charge in [-0.05, 0) is 46.0 Å². The summed E-state index contributed by atoms with van der Waals surface area (Å²) in [7, 11) is -3.39. The molecule has 0 bridgehead atoms. The van der Waals surface area contributed by atoms with E-state index in [9.17, 15) is 8.42 Å². The molecule has 0 aromatic heterocycles. The Kier molecular flexibility index (Phi) is 4.34. The molecule has 6 heteroatoms. The van der Waals surface area contributed by atoms with Gasteiger partial charge >= 0.3 is 0 Å². The van der Waals surface area contributed by atoms with E-state index in [0.29, 0.717) is 12.5 Å². The summed E-state index contributed by atoms with van der Waals surface area (Å²) >= 11 is 0. The molecule has 1 aliphatic rings. The Balaban J connectivity index is 2.37. The van der Waals surface area contributed by atoms with Gasteiger partial charge in [0.1, 0.15) is 0 Å². The molecule has 4 N–H and O–H groups in total. The van der Waals surface area contributed by atoms with Crippen molar-refractivity contribution in [2.75, 3.05) is 6.54 Å². The van der Waals surface area contributed by atoms with E-state index in [1.807, 2.05) is 20.8 Å². The van der Waals surface area contributed by atoms with Crippen molar-refractivity contribution in [1.82, 2.24) is 9.44 Å². The number of hydrogen-bond acceptors (Lipinski definition) is 3. The molecule has 1 rings (SSSR count). The molecule has 1 fully saturated rings. The van der Waals surface area contributed by atoms with Crippen molar-refractivity contribution in [2.45, 2.75) is 51.6 Å². The summed E-state index contributed by atoms with van der Waals surface area (Å²) in [6.07, 6.45) is 2.93. The van der Waals surface area contributed by atoms with Gasteiger partial charge in [0.25, 0.3) is 10.2 Å². The van der Waals surface area contributed by atoms with Crippen molar-refractivity contribution >= 4 is 10.2 Å². The molecular weight excluding hydrogens is 226 g/mol. The van der Waals surface area contributed by atoms with Gasteiger partial charge < -0.3 is 5.73 Å². The first kappa shape index (κ1) is 13.9. The van der Waals surface area contributed by atoms with E-state index in [0.717, 1.165) is 19.3 Å². The van der Waals surface area contributed by atoms with Crippen LogP contribution in [0.15, 0.2) is 0 Å². The van der Waals surface area contributed by atoms with E-state index >= 15 is 0 Å². The summed E-state index contributed by atoms with van der Waals surface area (Å²) in [6.45, 7) is 5.94. The highest BCUT2D eigenvalue weighted by Crippen LogP contribution is 2.23. The van der Waals surface area contributed by atoms with Gasteiger partial charge in [0.05, 0.1) is 0 Å². The maximum absolute atomic E-state index is 11.6. The highest BCUT2D eigenvalue weighted by Gasteiger charge is 2.24. The van der Waals surface area contributed by atoms with Crippen LogP contribution >= 0.6 is 0 Å². The zero-order chi connectivity index (χ0) is 12.4. The second-order valence-electron chi connectivity index (χ2n) is 5.64. The summed E-state index contributed by atoms with van der Waals surface area (Å²) < 4.78 is 28.4. The van der Waals surface area contributed by atoms with E-state index < -0.39 is 15.7 Å². The summed E-state index contributed by atoms with van der Waals surface area (Å²) in [5.41, 5.74) is 5.33. The molecular formula is C10H23N3O2S. The average Bonchev–Trinajstić information content (AvgIpc) is 2.44. The standard InChI is InChI=1S/C10H23N3O2S/c1-10(2,3)13-16(14,15)12-7-8-4-5-9(11)6-8/h8-9,12-13H,4-7,11H2,1-3H3. The minimum absolute atomic E-state index is 0.241. The predicted octanol–water partition coefficient (Wildman–Crippen LogP) is 0.336. The largest absolute Gasteiger partial charge is 0.328 e. The first-order chi connectivity index (χ1) is 7.18. The van der Waals surface area contributed by atoms with Crippen LogP contribution in [-0.2, 0) is 10.2 Å². The minimum atomic E-state index is -3.39. The molecule has 1 aliphatic carbocycles. The fourth-order valence-corrected chi connectivity index (χ4v) is 3.30. The second kappa shape index (κ2) is 5.00. The first-order valence-corrected chi connectivity index (χ1v) is 7.20. The Hall–Kier alpha value is -0.170. The van der Waals surface area contributed by atoms with Crippen LogP contribution in [0.25, 0.3) is 0 Å². The van der Waals surface area contributed by atoms with Gasteiger partial charge in [0.2, 0.25) is 0 Å². The molecule has 0 aromatic rings. The molecule has 0 heterocycles. The van der Waals surface area contributed by atoms with Gasteiger partial charge in [-0.25, -0.2) is 4.72 Å². The Morgan fingerprint density at radius 2 is 1.94 bits per heavy atom. The van der Waals surface area contributed by atoms with Crippen molar-refractivity contribution < 1.29 is 8.42 Å². The molecule has 2 unspecified atom stereocenters. The quantitative estimate of drug-likeness (QED) is 0.671. The van der Waals surface area contributed by atoms with Crippen LogP contribution in [0, 0.1) is 5.92 Å². The molecule has 0 aliphatic heterocycles. The molecule has 0 spiro atoms. The van der Waals surface area contributed by atoms with Gasteiger partial charge in [-0.1, -0.05) is 0 Å². The number of hydrogen-bond donors (Lipinski definition) is 3. The summed E-state index contributed by atoms with van der Waals surface area (Å²) in [4.78, 5) is 0. The Morgan fingerprint density at radius 1 is 1.31 bits per heavy atom. The SMILES string of the molecule is CC(C)(C)NS(=O)(=O)NCC1CCC(N)C1. The second-order valence-corrected chi connectivity index (χ2v) is 7.14. The van der Waals surface area contributed by atoms with E-state index in [4.69, 9.17) is 5.73 Å². The van der Waals surface area contributed by atoms with Gasteiger partial charge in [-0.3, -0.25) is 0 Å². The lowest BCUT2D eigenvalue weighted by atomic mass is 10.1. The first-order valence-electron chi connectivity index (χ1n) is 5.72. The molecule has 2 atom stereocenters. The normalized spacial score (nSPS) is 27.2. The zero-order valence-corrected chi connectivity index (χ0v) is 11.1. The van der Waals surface area contributed by atoms with Crippen molar-refractivity contribution in [2.24, 2.45) is 11.7 Å². The van der Waals surface area contributed by atoms with Crippen LogP contribution in [0.4, 0.5) is 0 Å². The van der Waals surface area contributed by atoms with E-state index in [1.165, 1.54) is 0 Å². The minimum Gasteiger partial charge on any atom is -0.328 e. The number of nitrogens with two attached hydrogens (primary N) is 1. The van der Waals surface area contributed by atoms with Crippen LogP contribution in [0.2, 0.25) is 0 Å². The Bertz CT molecular complexity index is 321. The molecule has 0 saturated heterocycles. The maximum Gasteiger partial charge on any atom is 0.277 e. The molecule has 1 saturated carbocycles. The molecule has 5 nitrogen and oxygen atoms in total. The third-order valence-corrected chi connectivity index (χ3v) is 4.01. The summed E-state index contributed by atoms with van der Waals surface area (Å²) in [5, 5.41) is 0. The third kappa shape index (κ3) is 5.25. The molecule has 96 valence electrons. The fourth-order valence-electron chi connectivity index (χ4n) is 1.97. The van der Waals surface area contributed by atoms with Crippen LogP contribution in [0.5, 0.6) is 0 Å². The monoisotopic (exact) mass is 249 g/mol. The number of rotatable bonds is 4. The molecule has 0 amide bonds. The summed E-state index contributed by atoms with van der Waals surface area (Å²) in [6, 6.07) is 0.241. The molecule has 0 radical (unpaired) electrons. The number of nitrogens with one attached hydrogen (secondary N) is 2. The van der Waals surface area contributed by atoms with Gasteiger partial charge in [0.15, 0.2) is 0 Å². The molecule has 0 aromatic carbocycles. The Labute approximate surface area is 98.4 Å². The average molecular weight is 249 g/mol. The fraction of sp³-hybridized carbons (Fsp3) is 1.00. The van der Waals surface area contributed by atoms with Crippen LogP contribution < -0.4 is 15.2 Å². The topological polar surface area (TPSA) is 84.2 Å². The van der Waals surface area contributed by atoms with E-state index in [2.05, 4.69) is 9.44 Å². The highest BCUT2D eigenvalue weighted by atomic mass is 32.2. The predicted molar refractivity (Wildman–Crippen MR) is 65.1 cm³/mol. The van der Waals surface area contributed by atoms with Gasteiger partial charge in [-0.15, -0.1) is 0 Å². The smallest absolute Gasteiger partial charge is 0.277 e. The lowest BCUT2D eigenvalue weighted by Gasteiger charge is -2.21. The van der Waals surface area contributed by atoms with Crippen LogP contribution in [0.3, 0.4) is 0 Å². The lowest BCUT2D eigenvalue weighted by Crippen LogP contribution is -2.47. The van der Waals surface area contributed by atoms with Crippen molar-refractivity contribution in [3.63, 3.8) is 0 Å². The van der Waals surface area contributed by atoms with Crippen LogP contribution in [0.1, 0.15) is 40.0 Å². The van der Waals surface area contributed by atoms with E-state index in [-0.39, 0.29) is 6.04 Å². The lowest BCUT2D eigenvalue weighted by molar-refractivity contribution is 0.469. The van der Waals surface area contributed by atoms with Crippen molar-refractivity contribution in [3.8, 4) is 0 Å². The van der Waals surface area contributed by atoms with Crippen molar-refractivity contribution in [3.05, 3.63) is 0 Å². The molecule has 16 heavy (non-hydrogen) atoms. The highest BCUT2D eigenvalue weighted by molar-refractivity contribution is 7.87. The van der Waals surface area contributed by atoms with Crippen LogP contribution in [-0.4, -0.2) is 26.5 Å². The third-order valence-electron chi connectivity index (χ3n) is 2.58. The summed E-state index contributed by atoms with van der Waals surface area (Å²) in [5.74, 6) is 0.381. The maximum atomic E-state index is 11.6. The van der Waals surface area contributed by atoms with Gasteiger partial charge in [-0.2, -0.15) is 13.1 Å². The Morgan fingerprint density at radius 3 is 2.38 bits per heavy atom. The van der Waals surface area contributed by atoms with Crippen molar-refractivity contribution in [1.29, 1.82) is 0 Å².